The fourth-order valence-electron chi connectivity index (χ4n) is 2.26. The predicted molar refractivity (Wildman–Crippen MR) is 90.2 cm³/mol. The van der Waals surface area contributed by atoms with Crippen LogP contribution in [0.25, 0.3) is 5.69 Å². The Morgan fingerprint density at radius 2 is 1.92 bits per heavy atom. The minimum Gasteiger partial charge on any atom is -0.391 e. The highest BCUT2D eigenvalue weighted by atomic mass is 16.6. The fourth-order valence-corrected chi connectivity index (χ4v) is 2.26. The molecule has 3 aromatic rings. The number of hydrogen-bond acceptors (Lipinski definition) is 5. The Morgan fingerprint density at radius 3 is 2.62 bits per heavy atom. The van der Waals surface area contributed by atoms with Crippen LogP contribution < -0.4 is 5.69 Å². The molecule has 7 heteroatoms. The molecule has 7 nitrogen and oxygen atoms in total. The molecular weight excluding hydrogens is 306 g/mol. The molecule has 24 heavy (non-hydrogen) atoms. The SMILES string of the molecule is Cc1cccc(-n2nnn(C)c2=O)c1C=NOCc1ccccc1. The quantitative estimate of drug-likeness (QED) is 0.530. The summed E-state index contributed by atoms with van der Waals surface area (Å²) in [7, 11) is 1.55. The highest BCUT2D eigenvalue weighted by Gasteiger charge is 2.11. The standard InChI is InChI=1S/C17H17N5O2/c1-13-7-6-10-16(22-17(23)21(2)19-20-22)15(13)11-18-24-12-14-8-4-3-5-9-14/h3-11H,12H2,1-2H3. The van der Waals surface area contributed by atoms with E-state index < -0.39 is 0 Å². The Kier molecular flexibility index (Phi) is 4.51. The van der Waals surface area contributed by atoms with Crippen LogP contribution >= 0.6 is 0 Å². The molecule has 0 N–H and O–H groups in total. The highest BCUT2D eigenvalue weighted by Crippen LogP contribution is 2.14. The fraction of sp³-hybridized carbons (Fsp3) is 0.176. The lowest BCUT2D eigenvalue weighted by atomic mass is 10.1. The predicted octanol–water partition coefficient (Wildman–Crippen LogP) is 1.83. The van der Waals surface area contributed by atoms with E-state index in [9.17, 15) is 4.79 Å². The maximum Gasteiger partial charge on any atom is 0.368 e. The lowest BCUT2D eigenvalue weighted by molar-refractivity contribution is 0.132. The number of nitrogens with zero attached hydrogens (tertiary/aromatic N) is 5. The molecule has 0 radical (unpaired) electrons. The van der Waals surface area contributed by atoms with Gasteiger partial charge in [0.25, 0.3) is 0 Å². The normalized spacial score (nSPS) is 11.1. The van der Waals surface area contributed by atoms with Gasteiger partial charge in [-0.05, 0) is 34.5 Å². The van der Waals surface area contributed by atoms with E-state index in [0.717, 1.165) is 16.7 Å². The van der Waals surface area contributed by atoms with Gasteiger partial charge in [0, 0.05) is 12.6 Å². The molecule has 1 heterocycles. The highest BCUT2D eigenvalue weighted by molar-refractivity contribution is 5.86. The van der Waals surface area contributed by atoms with Crippen molar-refractivity contribution in [2.24, 2.45) is 12.2 Å². The third kappa shape index (κ3) is 3.24. The molecule has 0 amide bonds. The van der Waals surface area contributed by atoms with Crippen molar-refractivity contribution in [2.75, 3.05) is 0 Å². The van der Waals surface area contributed by atoms with Gasteiger partial charge in [0.1, 0.15) is 6.61 Å². The van der Waals surface area contributed by atoms with Crippen molar-refractivity contribution in [1.29, 1.82) is 0 Å². The maximum absolute atomic E-state index is 12.1. The van der Waals surface area contributed by atoms with Crippen molar-refractivity contribution < 1.29 is 4.84 Å². The van der Waals surface area contributed by atoms with Crippen LogP contribution in [0, 0.1) is 6.92 Å². The first-order valence-corrected chi connectivity index (χ1v) is 7.45. The molecule has 0 spiro atoms. The van der Waals surface area contributed by atoms with E-state index in [1.807, 2.05) is 49.4 Å². The maximum atomic E-state index is 12.1. The van der Waals surface area contributed by atoms with E-state index in [0.29, 0.717) is 12.3 Å². The molecular formula is C17H17N5O2. The van der Waals surface area contributed by atoms with E-state index in [4.69, 9.17) is 4.84 Å². The lowest BCUT2D eigenvalue weighted by Gasteiger charge is -2.07. The molecule has 1 aromatic heterocycles. The first-order valence-electron chi connectivity index (χ1n) is 7.45. The number of hydrogen-bond donors (Lipinski definition) is 0. The summed E-state index contributed by atoms with van der Waals surface area (Å²) in [6.07, 6.45) is 1.59. The average Bonchev–Trinajstić information content (AvgIpc) is 2.93. The second-order valence-electron chi connectivity index (χ2n) is 5.30. The first kappa shape index (κ1) is 15.7. The Labute approximate surface area is 138 Å². The van der Waals surface area contributed by atoms with Crippen LogP contribution in [0.3, 0.4) is 0 Å². The first-order chi connectivity index (χ1) is 11.7. The summed E-state index contributed by atoms with van der Waals surface area (Å²) < 4.78 is 2.42. The largest absolute Gasteiger partial charge is 0.391 e. The van der Waals surface area contributed by atoms with Crippen LogP contribution in [0.5, 0.6) is 0 Å². The Balaban J connectivity index is 1.84. The van der Waals surface area contributed by atoms with E-state index in [2.05, 4.69) is 15.6 Å². The van der Waals surface area contributed by atoms with E-state index in [1.165, 1.54) is 9.36 Å². The molecule has 3 rings (SSSR count). The number of oxime groups is 1. The summed E-state index contributed by atoms with van der Waals surface area (Å²) in [5, 5.41) is 11.6. The van der Waals surface area contributed by atoms with Crippen molar-refractivity contribution in [3.05, 3.63) is 75.7 Å². The van der Waals surface area contributed by atoms with Crippen LogP contribution in [0.1, 0.15) is 16.7 Å². The molecule has 0 bridgehead atoms. The summed E-state index contributed by atoms with van der Waals surface area (Å²) in [5.74, 6) is 0. The van der Waals surface area contributed by atoms with Crippen LogP contribution in [-0.2, 0) is 18.5 Å². The van der Waals surface area contributed by atoms with Crippen LogP contribution in [-0.4, -0.2) is 26.0 Å². The molecule has 0 aliphatic rings. The third-order valence-corrected chi connectivity index (χ3v) is 3.58. The summed E-state index contributed by atoms with van der Waals surface area (Å²) in [6, 6.07) is 15.4. The van der Waals surface area contributed by atoms with Crippen LogP contribution in [0.2, 0.25) is 0 Å². The second kappa shape index (κ2) is 6.91. The molecule has 0 saturated carbocycles. The zero-order valence-electron chi connectivity index (χ0n) is 13.5. The summed E-state index contributed by atoms with van der Waals surface area (Å²) in [6.45, 7) is 2.31. The zero-order chi connectivity index (χ0) is 16.9. The van der Waals surface area contributed by atoms with Crippen LogP contribution in [0.15, 0.2) is 58.5 Å². The van der Waals surface area contributed by atoms with Crippen molar-refractivity contribution in [3.63, 3.8) is 0 Å². The molecule has 0 fully saturated rings. The van der Waals surface area contributed by atoms with Crippen molar-refractivity contribution >= 4 is 6.21 Å². The van der Waals surface area contributed by atoms with Crippen molar-refractivity contribution in [3.8, 4) is 5.69 Å². The van der Waals surface area contributed by atoms with Crippen molar-refractivity contribution in [2.45, 2.75) is 13.5 Å². The molecule has 2 aromatic carbocycles. The molecule has 0 unspecified atom stereocenters. The van der Waals surface area contributed by atoms with E-state index >= 15 is 0 Å². The van der Waals surface area contributed by atoms with Gasteiger partial charge in [-0.1, -0.05) is 47.6 Å². The number of tetrazole rings is 1. The third-order valence-electron chi connectivity index (χ3n) is 3.58. The topological polar surface area (TPSA) is 74.3 Å². The molecule has 0 atom stereocenters. The lowest BCUT2D eigenvalue weighted by Crippen LogP contribution is -2.23. The van der Waals surface area contributed by atoms with E-state index in [-0.39, 0.29) is 5.69 Å². The smallest absolute Gasteiger partial charge is 0.368 e. The van der Waals surface area contributed by atoms with Gasteiger partial charge in [-0.2, -0.15) is 9.36 Å². The van der Waals surface area contributed by atoms with Crippen molar-refractivity contribution in [1.82, 2.24) is 19.8 Å². The summed E-state index contributed by atoms with van der Waals surface area (Å²) in [4.78, 5) is 17.4. The minimum absolute atomic E-state index is 0.319. The van der Waals surface area contributed by atoms with Gasteiger partial charge in [-0.3, -0.25) is 0 Å². The molecule has 0 aliphatic carbocycles. The van der Waals surface area contributed by atoms with Gasteiger partial charge in [-0.25, -0.2) is 4.79 Å². The number of rotatable bonds is 5. The number of aromatic nitrogens is 4. The molecule has 0 saturated heterocycles. The molecule has 0 aliphatic heterocycles. The Morgan fingerprint density at radius 1 is 1.12 bits per heavy atom. The van der Waals surface area contributed by atoms with E-state index in [1.54, 1.807) is 19.3 Å². The van der Waals surface area contributed by atoms with Crippen LogP contribution in [0.4, 0.5) is 0 Å². The van der Waals surface area contributed by atoms with Gasteiger partial charge in [0.2, 0.25) is 0 Å². The number of benzene rings is 2. The second-order valence-corrected chi connectivity index (χ2v) is 5.30. The number of aryl methyl sites for hydroxylation is 2. The Bertz CT molecular complexity index is 912. The minimum atomic E-state index is -0.319. The zero-order valence-corrected chi connectivity index (χ0v) is 13.5. The summed E-state index contributed by atoms with van der Waals surface area (Å²) in [5.41, 5.74) is 3.04. The van der Waals surface area contributed by atoms with Gasteiger partial charge >= 0.3 is 5.69 Å². The van der Waals surface area contributed by atoms with Gasteiger partial charge < -0.3 is 4.84 Å². The van der Waals surface area contributed by atoms with Gasteiger partial charge in [0.15, 0.2) is 0 Å². The Hall–Kier alpha value is -3.22. The summed E-state index contributed by atoms with van der Waals surface area (Å²) >= 11 is 0. The van der Waals surface area contributed by atoms with Gasteiger partial charge in [-0.15, -0.1) is 0 Å². The monoisotopic (exact) mass is 323 g/mol. The van der Waals surface area contributed by atoms with Gasteiger partial charge in [0.05, 0.1) is 11.9 Å². The molecule has 122 valence electrons. The average molecular weight is 323 g/mol.